The summed E-state index contributed by atoms with van der Waals surface area (Å²) < 4.78 is 19.2. The minimum atomic E-state index is -0.576. The van der Waals surface area contributed by atoms with E-state index in [0.29, 0.717) is 37.2 Å². The second-order valence-corrected chi connectivity index (χ2v) is 7.36. The van der Waals surface area contributed by atoms with Crippen molar-refractivity contribution in [2.75, 3.05) is 25.1 Å². The Morgan fingerprint density at radius 2 is 2.04 bits per heavy atom. The number of anilines is 1. The molecule has 28 heavy (non-hydrogen) atoms. The number of nitrogens with zero attached hydrogens (tertiary/aromatic N) is 3. The third-order valence-electron chi connectivity index (χ3n) is 5.87. The zero-order chi connectivity index (χ0) is 19.9. The SMILES string of the molecule is COC1C(=O)N(c2cccc(F)c2)C12CCN(C(=O)c1cnccc1C)CC2. The van der Waals surface area contributed by atoms with Gasteiger partial charge in [-0.05, 0) is 49.6 Å². The van der Waals surface area contributed by atoms with E-state index in [-0.39, 0.29) is 17.6 Å². The highest BCUT2D eigenvalue weighted by atomic mass is 19.1. The number of methoxy groups -OCH3 is 1. The number of pyridine rings is 1. The van der Waals surface area contributed by atoms with E-state index in [4.69, 9.17) is 4.74 Å². The molecule has 1 unspecified atom stereocenters. The molecule has 4 rings (SSSR count). The molecule has 2 saturated heterocycles. The summed E-state index contributed by atoms with van der Waals surface area (Å²) >= 11 is 0. The highest BCUT2D eigenvalue weighted by molar-refractivity contribution is 6.07. The Labute approximate surface area is 162 Å². The van der Waals surface area contributed by atoms with Gasteiger partial charge in [0.15, 0.2) is 6.10 Å². The number of hydrogen-bond donors (Lipinski definition) is 0. The van der Waals surface area contributed by atoms with Gasteiger partial charge in [-0.25, -0.2) is 4.39 Å². The number of amides is 2. The van der Waals surface area contributed by atoms with Crippen LogP contribution in [0.1, 0.15) is 28.8 Å². The van der Waals surface area contributed by atoms with Crippen LogP contribution in [0, 0.1) is 12.7 Å². The van der Waals surface area contributed by atoms with Crippen molar-refractivity contribution in [3.05, 3.63) is 59.7 Å². The lowest BCUT2D eigenvalue weighted by atomic mass is 9.72. The smallest absolute Gasteiger partial charge is 0.259 e. The van der Waals surface area contributed by atoms with Crippen LogP contribution in [0.25, 0.3) is 0 Å². The lowest BCUT2D eigenvalue weighted by molar-refractivity contribution is -0.150. The quantitative estimate of drug-likeness (QED) is 0.765. The Balaban J connectivity index is 1.56. The third kappa shape index (κ3) is 2.77. The van der Waals surface area contributed by atoms with E-state index in [1.807, 2.05) is 13.0 Å². The van der Waals surface area contributed by atoms with Gasteiger partial charge in [-0.1, -0.05) is 6.07 Å². The minimum Gasteiger partial charge on any atom is -0.369 e. The van der Waals surface area contributed by atoms with Gasteiger partial charge in [-0.15, -0.1) is 0 Å². The molecule has 1 aromatic carbocycles. The molecule has 3 heterocycles. The molecular formula is C21H22FN3O3. The Kier molecular flexibility index (Phi) is 4.63. The van der Waals surface area contributed by atoms with Crippen LogP contribution in [0.5, 0.6) is 0 Å². The number of ether oxygens (including phenoxy) is 1. The lowest BCUT2D eigenvalue weighted by Crippen LogP contribution is -2.78. The molecule has 2 aliphatic heterocycles. The van der Waals surface area contributed by atoms with Crippen molar-refractivity contribution in [2.24, 2.45) is 0 Å². The van der Waals surface area contributed by atoms with Gasteiger partial charge in [0, 0.05) is 38.3 Å². The monoisotopic (exact) mass is 383 g/mol. The van der Waals surface area contributed by atoms with Gasteiger partial charge >= 0.3 is 0 Å². The first-order chi connectivity index (χ1) is 13.5. The van der Waals surface area contributed by atoms with Gasteiger partial charge in [0.25, 0.3) is 11.8 Å². The third-order valence-corrected chi connectivity index (χ3v) is 5.87. The molecule has 1 spiro atoms. The highest BCUT2D eigenvalue weighted by Crippen LogP contribution is 2.45. The number of halogens is 1. The van der Waals surface area contributed by atoms with Crippen LogP contribution in [0.4, 0.5) is 10.1 Å². The summed E-state index contributed by atoms with van der Waals surface area (Å²) in [6.07, 6.45) is 3.81. The molecular weight excluding hydrogens is 361 g/mol. The van der Waals surface area contributed by atoms with Crippen molar-refractivity contribution < 1.29 is 18.7 Å². The molecule has 146 valence electrons. The van der Waals surface area contributed by atoms with Crippen molar-refractivity contribution in [3.63, 3.8) is 0 Å². The molecule has 7 heteroatoms. The summed E-state index contributed by atoms with van der Waals surface area (Å²) in [5, 5.41) is 0. The van der Waals surface area contributed by atoms with Gasteiger partial charge in [0.05, 0.1) is 11.1 Å². The van der Waals surface area contributed by atoms with E-state index in [9.17, 15) is 14.0 Å². The van der Waals surface area contributed by atoms with Crippen LogP contribution >= 0.6 is 0 Å². The fraction of sp³-hybridized carbons (Fsp3) is 0.381. The number of piperidine rings is 1. The summed E-state index contributed by atoms with van der Waals surface area (Å²) in [7, 11) is 1.52. The van der Waals surface area contributed by atoms with Crippen molar-refractivity contribution >= 4 is 17.5 Å². The van der Waals surface area contributed by atoms with Crippen LogP contribution < -0.4 is 4.90 Å². The van der Waals surface area contributed by atoms with Crippen LogP contribution in [0.2, 0.25) is 0 Å². The molecule has 0 aliphatic carbocycles. The number of aromatic nitrogens is 1. The van der Waals surface area contributed by atoms with Gasteiger partial charge in [-0.2, -0.15) is 0 Å². The molecule has 1 aromatic heterocycles. The van der Waals surface area contributed by atoms with Crippen molar-refractivity contribution in [1.82, 2.24) is 9.88 Å². The van der Waals surface area contributed by atoms with Gasteiger partial charge in [0.1, 0.15) is 5.82 Å². The minimum absolute atomic E-state index is 0.0580. The van der Waals surface area contributed by atoms with Crippen LogP contribution in [-0.2, 0) is 9.53 Å². The zero-order valence-corrected chi connectivity index (χ0v) is 15.9. The lowest BCUT2D eigenvalue weighted by Gasteiger charge is -2.59. The normalized spacial score (nSPS) is 21.0. The second kappa shape index (κ2) is 6.98. The molecule has 0 saturated carbocycles. The predicted octanol–water partition coefficient (Wildman–Crippen LogP) is 2.57. The molecule has 0 radical (unpaired) electrons. The Hall–Kier alpha value is -2.80. The number of aryl methyl sites for hydroxylation is 1. The fourth-order valence-electron chi connectivity index (χ4n) is 4.38. The summed E-state index contributed by atoms with van der Waals surface area (Å²) in [6.45, 7) is 2.87. The molecule has 2 aliphatic rings. The highest BCUT2D eigenvalue weighted by Gasteiger charge is 2.62. The molecule has 1 atom stereocenters. The average molecular weight is 383 g/mol. The Morgan fingerprint density at radius 1 is 1.29 bits per heavy atom. The maximum absolute atomic E-state index is 13.7. The summed E-state index contributed by atoms with van der Waals surface area (Å²) in [5.74, 6) is -0.616. The van der Waals surface area contributed by atoms with Gasteiger partial charge in [-0.3, -0.25) is 14.6 Å². The van der Waals surface area contributed by atoms with E-state index < -0.39 is 11.6 Å². The standard InChI is InChI=1S/C21H22FN3O3/c1-14-6-9-23-13-17(14)19(26)24-10-7-21(8-11-24)18(28-2)20(27)25(21)16-5-3-4-15(22)12-16/h3-6,9,12-13,18H,7-8,10-11H2,1-2H3. The van der Waals surface area contributed by atoms with E-state index in [1.54, 1.807) is 34.3 Å². The molecule has 2 fully saturated rings. The topological polar surface area (TPSA) is 62.7 Å². The summed E-state index contributed by atoms with van der Waals surface area (Å²) in [5.41, 5.74) is 1.45. The molecule has 6 nitrogen and oxygen atoms in total. The number of β-lactam (4-membered cyclic amide) rings is 1. The number of carbonyl (C=O) groups excluding carboxylic acids is 2. The average Bonchev–Trinajstić information content (AvgIpc) is 2.69. The number of benzene rings is 1. The first-order valence-electron chi connectivity index (χ1n) is 9.30. The van der Waals surface area contributed by atoms with Gasteiger partial charge < -0.3 is 14.5 Å². The zero-order valence-electron chi connectivity index (χ0n) is 15.9. The maximum Gasteiger partial charge on any atom is 0.259 e. The Bertz CT molecular complexity index is 925. The second-order valence-electron chi connectivity index (χ2n) is 7.36. The number of rotatable bonds is 3. The largest absolute Gasteiger partial charge is 0.369 e. The van der Waals surface area contributed by atoms with Crippen molar-refractivity contribution in [3.8, 4) is 0 Å². The maximum atomic E-state index is 13.7. The first-order valence-corrected chi connectivity index (χ1v) is 9.30. The van der Waals surface area contributed by atoms with Crippen LogP contribution in [0.15, 0.2) is 42.7 Å². The summed E-state index contributed by atoms with van der Waals surface area (Å²) in [4.78, 5) is 33.0. The first kappa shape index (κ1) is 18.6. The molecule has 0 bridgehead atoms. The predicted molar refractivity (Wildman–Crippen MR) is 102 cm³/mol. The van der Waals surface area contributed by atoms with Crippen molar-refractivity contribution in [1.29, 1.82) is 0 Å². The van der Waals surface area contributed by atoms with E-state index in [2.05, 4.69) is 4.98 Å². The number of carbonyl (C=O) groups is 2. The number of likely N-dealkylation sites (tertiary alicyclic amines) is 1. The van der Waals surface area contributed by atoms with E-state index in [0.717, 1.165) is 5.56 Å². The van der Waals surface area contributed by atoms with Crippen molar-refractivity contribution in [2.45, 2.75) is 31.4 Å². The fourth-order valence-corrected chi connectivity index (χ4v) is 4.38. The molecule has 2 amide bonds. The van der Waals surface area contributed by atoms with Crippen LogP contribution in [0.3, 0.4) is 0 Å². The van der Waals surface area contributed by atoms with Gasteiger partial charge in [0.2, 0.25) is 0 Å². The molecule has 2 aromatic rings. The number of hydrogen-bond acceptors (Lipinski definition) is 4. The van der Waals surface area contributed by atoms with Crippen LogP contribution in [-0.4, -0.2) is 53.5 Å². The van der Waals surface area contributed by atoms with E-state index in [1.165, 1.54) is 19.2 Å². The Morgan fingerprint density at radius 3 is 2.68 bits per heavy atom. The summed E-state index contributed by atoms with van der Waals surface area (Å²) in [6, 6.07) is 7.85. The van der Waals surface area contributed by atoms with E-state index >= 15 is 0 Å². The molecule has 0 N–H and O–H groups in total.